The van der Waals surface area contributed by atoms with Gasteiger partial charge in [0.2, 0.25) is 0 Å². The Morgan fingerprint density at radius 3 is 2.63 bits per heavy atom. The third kappa shape index (κ3) is 3.85. The minimum absolute atomic E-state index is 0.175. The van der Waals surface area contributed by atoms with Crippen LogP contribution in [0.3, 0.4) is 0 Å². The fraction of sp³-hybridized carbons (Fsp3) is 0.280. The van der Waals surface area contributed by atoms with Crippen molar-refractivity contribution in [2.45, 2.75) is 25.8 Å². The molecule has 0 bridgehead atoms. The van der Waals surface area contributed by atoms with Gasteiger partial charge in [-0.3, -0.25) is 4.90 Å². The van der Waals surface area contributed by atoms with Crippen molar-refractivity contribution >= 4 is 11.6 Å². The molecular weight excluding hydrogens is 375 g/mol. The fourth-order valence-corrected chi connectivity index (χ4v) is 4.49. The van der Waals surface area contributed by atoms with Crippen LogP contribution in [0.4, 0.5) is 4.39 Å². The maximum absolute atomic E-state index is 13.9. The normalized spacial score (nSPS) is 17.1. The molecule has 0 aliphatic carbocycles. The summed E-state index contributed by atoms with van der Waals surface area (Å²) in [5.41, 5.74) is 5.98. The number of hydrogen-bond donors (Lipinski definition) is 0. The lowest BCUT2D eigenvalue weighted by Crippen LogP contribution is -2.31. The molecule has 1 saturated heterocycles. The van der Waals surface area contributed by atoms with E-state index in [4.69, 9.17) is 0 Å². The molecular formula is C25H25FN4. The summed E-state index contributed by atoms with van der Waals surface area (Å²) >= 11 is 0. The number of aromatic nitrogens is 3. The summed E-state index contributed by atoms with van der Waals surface area (Å²) in [6.45, 7) is 3.72. The van der Waals surface area contributed by atoms with E-state index in [2.05, 4.69) is 51.4 Å². The van der Waals surface area contributed by atoms with Crippen LogP contribution in [0.2, 0.25) is 0 Å². The molecule has 4 nitrogen and oxygen atoms in total. The van der Waals surface area contributed by atoms with Crippen LogP contribution in [-0.2, 0) is 13.0 Å². The first-order chi connectivity index (χ1) is 14.8. The molecule has 2 aliphatic heterocycles. The number of rotatable bonds is 3. The molecule has 152 valence electrons. The van der Waals surface area contributed by atoms with Crippen molar-refractivity contribution < 1.29 is 4.39 Å². The molecule has 0 radical (unpaired) electrons. The zero-order valence-electron chi connectivity index (χ0n) is 17.0. The topological polar surface area (TPSA) is 34.0 Å². The highest BCUT2D eigenvalue weighted by Gasteiger charge is 2.25. The van der Waals surface area contributed by atoms with Crippen LogP contribution in [0.15, 0.2) is 66.5 Å². The Morgan fingerprint density at radius 2 is 1.80 bits per heavy atom. The zero-order chi connectivity index (χ0) is 20.3. The largest absolute Gasteiger partial charge is 0.299 e. The second-order valence-electron chi connectivity index (χ2n) is 7.95. The summed E-state index contributed by atoms with van der Waals surface area (Å²) in [4.78, 5) is 7.05. The van der Waals surface area contributed by atoms with E-state index in [-0.39, 0.29) is 5.82 Å². The average Bonchev–Trinajstić information content (AvgIpc) is 3.18. The first-order valence-electron chi connectivity index (χ1n) is 10.6. The number of benzene rings is 2. The van der Waals surface area contributed by atoms with Gasteiger partial charge in [-0.2, -0.15) is 5.10 Å². The van der Waals surface area contributed by atoms with E-state index in [9.17, 15) is 4.39 Å². The van der Waals surface area contributed by atoms with Crippen molar-refractivity contribution in [3.05, 3.63) is 94.8 Å². The van der Waals surface area contributed by atoms with Gasteiger partial charge in [-0.1, -0.05) is 54.1 Å². The van der Waals surface area contributed by atoms with Gasteiger partial charge >= 0.3 is 0 Å². The quantitative estimate of drug-likeness (QED) is 0.645. The van der Waals surface area contributed by atoms with E-state index in [1.165, 1.54) is 16.7 Å². The summed E-state index contributed by atoms with van der Waals surface area (Å²) in [6, 6.07) is 15.6. The van der Waals surface area contributed by atoms with Gasteiger partial charge in [0, 0.05) is 31.8 Å². The lowest BCUT2D eigenvalue weighted by atomic mass is 9.90. The number of halogens is 1. The number of fused-ring (bicyclic) bond motifs is 2. The molecule has 1 aromatic heterocycles. The summed E-state index contributed by atoms with van der Waals surface area (Å²) in [7, 11) is 0. The van der Waals surface area contributed by atoms with Crippen molar-refractivity contribution in [1.82, 2.24) is 19.7 Å². The fourth-order valence-electron chi connectivity index (χ4n) is 4.49. The number of nitrogens with zero attached hydrogens (tertiary/aromatic N) is 4. The van der Waals surface area contributed by atoms with Gasteiger partial charge in [0.15, 0.2) is 5.82 Å². The van der Waals surface area contributed by atoms with Gasteiger partial charge in [0.05, 0.1) is 0 Å². The standard InChI is InChI=1S/C25H25FN4/c26-22-8-9-23-21(17-22)12-16-30-25(27-18-28-30)24(23)20-10-14-29(15-11-20)13-4-7-19-5-2-1-3-6-19/h1-9,17-18H,10-16H2/b7-4+. The predicted molar refractivity (Wildman–Crippen MR) is 117 cm³/mol. The maximum Gasteiger partial charge on any atom is 0.158 e. The molecule has 2 aliphatic rings. The highest BCUT2D eigenvalue weighted by atomic mass is 19.1. The number of piperidine rings is 1. The van der Waals surface area contributed by atoms with Gasteiger partial charge in [-0.05, 0) is 48.1 Å². The Kier molecular flexibility index (Phi) is 5.28. The van der Waals surface area contributed by atoms with E-state index in [1.54, 1.807) is 18.5 Å². The van der Waals surface area contributed by atoms with Crippen LogP contribution >= 0.6 is 0 Å². The maximum atomic E-state index is 13.9. The zero-order valence-corrected chi connectivity index (χ0v) is 17.0. The lowest BCUT2D eigenvalue weighted by Gasteiger charge is -2.29. The van der Waals surface area contributed by atoms with E-state index in [0.717, 1.165) is 62.4 Å². The first kappa shape index (κ1) is 18.9. The summed E-state index contributed by atoms with van der Waals surface area (Å²) in [5, 5.41) is 4.41. The molecule has 0 saturated carbocycles. The van der Waals surface area contributed by atoms with Gasteiger partial charge in [0.1, 0.15) is 12.1 Å². The minimum atomic E-state index is -0.175. The smallest absolute Gasteiger partial charge is 0.158 e. The number of likely N-dealkylation sites (tertiary alicyclic amines) is 1. The van der Waals surface area contributed by atoms with Crippen LogP contribution in [0, 0.1) is 5.82 Å². The van der Waals surface area contributed by atoms with E-state index < -0.39 is 0 Å². The Hall–Kier alpha value is -3.05. The van der Waals surface area contributed by atoms with E-state index in [0.29, 0.717) is 0 Å². The average molecular weight is 401 g/mol. The summed E-state index contributed by atoms with van der Waals surface area (Å²) in [5.74, 6) is 0.749. The summed E-state index contributed by atoms with van der Waals surface area (Å²) in [6.07, 6.45) is 8.83. The molecule has 0 N–H and O–H groups in total. The monoisotopic (exact) mass is 400 g/mol. The van der Waals surface area contributed by atoms with Gasteiger partial charge in [-0.15, -0.1) is 0 Å². The van der Waals surface area contributed by atoms with Crippen LogP contribution in [-0.4, -0.2) is 39.3 Å². The molecule has 3 heterocycles. The minimum Gasteiger partial charge on any atom is -0.299 e. The molecule has 5 heteroatoms. The highest BCUT2D eigenvalue weighted by molar-refractivity contribution is 5.81. The Labute approximate surface area is 176 Å². The molecule has 2 aromatic carbocycles. The van der Waals surface area contributed by atoms with Crippen molar-refractivity contribution in [1.29, 1.82) is 0 Å². The molecule has 1 fully saturated rings. The van der Waals surface area contributed by atoms with Crippen LogP contribution in [0.1, 0.15) is 35.4 Å². The number of hydrogen-bond acceptors (Lipinski definition) is 3. The van der Waals surface area contributed by atoms with Crippen molar-refractivity contribution in [2.24, 2.45) is 0 Å². The SMILES string of the molecule is Fc1ccc2c(c1)CCn1ncnc1C2=C1CCN(C/C=C/c2ccccc2)CC1. The highest BCUT2D eigenvalue weighted by Crippen LogP contribution is 2.35. The Morgan fingerprint density at radius 1 is 0.967 bits per heavy atom. The molecule has 0 amide bonds. The van der Waals surface area contributed by atoms with Crippen molar-refractivity contribution in [3.8, 4) is 0 Å². The summed E-state index contributed by atoms with van der Waals surface area (Å²) < 4.78 is 15.8. The molecule has 0 atom stereocenters. The van der Waals surface area contributed by atoms with Gasteiger partial charge in [-0.25, -0.2) is 14.1 Å². The van der Waals surface area contributed by atoms with Crippen molar-refractivity contribution in [2.75, 3.05) is 19.6 Å². The molecule has 3 aromatic rings. The molecule has 0 unspecified atom stereocenters. The second-order valence-corrected chi connectivity index (χ2v) is 7.95. The van der Waals surface area contributed by atoms with E-state index in [1.807, 2.05) is 16.8 Å². The van der Waals surface area contributed by atoms with Crippen molar-refractivity contribution in [3.63, 3.8) is 0 Å². The van der Waals surface area contributed by atoms with Crippen LogP contribution in [0.5, 0.6) is 0 Å². The van der Waals surface area contributed by atoms with Crippen LogP contribution in [0.25, 0.3) is 11.6 Å². The number of aryl methyl sites for hydroxylation is 2. The molecule has 5 rings (SSSR count). The lowest BCUT2D eigenvalue weighted by molar-refractivity contribution is 0.284. The Bertz CT molecular complexity index is 1090. The van der Waals surface area contributed by atoms with Gasteiger partial charge < -0.3 is 0 Å². The third-order valence-corrected chi connectivity index (χ3v) is 6.06. The second kappa shape index (κ2) is 8.36. The molecule has 0 spiro atoms. The Balaban J connectivity index is 1.37. The van der Waals surface area contributed by atoms with Gasteiger partial charge in [0.25, 0.3) is 0 Å². The van der Waals surface area contributed by atoms with Crippen LogP contribution < -0.4 is 0 Å². The molecule has 30 heavy (non-hydrogen) atoms. The predicted octanol–water partition coefficient (Wildman–Crippen LogP) is 4.58. The third-order valence-electron chi connectivity index (χ3n) is 6.06. The van der Waals surface area contributed by atoms with E-state index >= 15 is 0 Å². The first-order valence-corrected chi connectivity index (χ1v) is 10.6.